The fourth-order valence-electron chi connectivity index (χ4n) is 1.99. The van der Waals surface area contributed by atoms with E-state index in [0.29, 0.717) is 29.0 Å². The zero-order chi connectivity index (χ0) is 13.8. The summed E-state index contributed by atoms with van der Waals surface area (Å²) in [6, 6.07) is 10.6. The molecule has 2 rings (SSSR count). The van der Waals surface area contributed by atoms with Crippen LogP contribution in [0, 0.1) is 11.6 Å². The summed E-state index contributed by atoms with van der Waals surface area (Å²) < 4.78 is 27.1. The summed E-state index contributed by atoms with van der Waals surface area (Å²) in [5.41, 5.74) is 6.99. The maximum Gasteiger partial charge on any atom is 0.127 e. The summed E-state index contributed by atoms with van der Waals surface area (Å²) in [5.74, 6) is -0.661. The minimum absolute atomic E-state index is 0.283. The molecule has 0 bridgehead atoms. The standard InChI is InChI=1S/C15H14ClF2N/c16-12-6-5-11(15(18)9-12)8-13(19)7-10-3-1-2-4-14(10)17/h1-6,9,13H,7-8,19H2. The van der Waals surface area contributed by atoms with Gasteiger partial charge in [0.1, 0.15) is 11.6 Å². The van der Waals surface area contributed by atoms with E-state index in [2.05, 4.69) is 0 Å². The van der Waals surface area contributed by atoms with Crippen LogP contribution in [0.1, 0.15) is 11.1 Å². The second-order valence-electron chi connectivity index (χ2n) is 4.50. The third-order valence-corrected chi connectivity index (χ3v) is 3.17. The van der Waals surface area contributed by atoms with Crippen LogP contribution in [0.2, 0.25) is 5.02 Å². The van der Waals surface area contributed by atoms with Crippen LogP contribution in [0.25, 0.3) is 0 Å². The fraction of sp³-hybridized carbons (Fsp3) is 0.200. The molecule has 2 N–H and O–H groups in total. The summed E-state index contributed by atoms with van der Waals surface area (Å²) in [6.45, 7) is 0. The maximum atomic E-state index is 13.6. The molecule has 4 heteroatoms. The minimum atomic E-state index is -0.378. The predicted molar refractivity (Wildman–Crippen MR) is 73.2 cm³/mol. The first-order valence-corrected chi connectivity index (χ1v) is 6.37. The Bertz CT molecular complexity index is 572. The van der Waals surface area contributed by atoms with Crippen LogP contribution in [0.15, 0.2) is 42.5 Å². The average molecular weight is 282 g/mol. The van der Waals surface area contributed by atoms with Crippen LogP contribution in [0.3, 0.4) is 0 Å². The lowest BCUT2D eigenvalue weighted by atomic mass is 9.99. The van der Waals surface area contributed by atoms with Gasteiger partial charge in [-0.15, -0.1) is 0 Å². The van der Waals surface area contributed by atoms with Gasteiger partial charge in [-0.1, -0.05) is 35.9 Å². The van der Waals surface area contributed by atoms with Crippen LogP contribution in [-0.4, -0.2) is 6.04 Å². The Morgan fingerprint density at radius 3 is 2.21 bits per heavy atom. The molecule has 1 atom stereocenters. The molecular formula is C15H14ClF2N. The van der Waals surface area contributed by atoms with Crippen LogP contribution in [0.5, 0.6) is 0 Å². The second-order valence-corrected chi connectivity index (χ2v) is 4.93. The van der Waals surface area contributed by atoms with Crippen molar-refractivity contribution >= 4 is 11.6 Å². The maximum absolute atomic E-state index is 13.6. The number of hydrogen-bond donors (Lipinski definition) is 1. The number of nitrogens with two attached hydrogens (primary N) is 1. The number of rotatable bonds is 4. The van der Waals surface area contributed by atoms with Gasteiger partial charge in [0.25, 0.3) is 0 Å². The summed E-state index contributed by atoms with van der Waals surface area (Å²) >= 11 is 5.68. The molecule has 0 fully saturated rings. The van der Waals surface area contributed by atoms with Gasteiger partial charge in [-0.2, -0.15) is 0 Å². The lowest BCUT2D eigenvalue weighted by Gasteiger charge is -2.13. The number of halogens is 3. The van der Waals surface area contributed by atoms with Crippen LogP contribution in [-0.2, 0) is 12.8 Å². The molecule has 0 spiro atoms. The van der Waals surface area contributed by atoms with E-state index in [-0.39, 0.29) is 17.7 Å². The van der Waals surface area contributed by atoms with Gasteiger partial charge in [-0.05, 0) is 42.2 Å². The third-order valence-electron chi connectivity index (χ3n) is 2.94. The van der Waals surface area contributed by atoms with E-state index in [9.17, 15) is 8.78 Å². The third kappa shape index (κ3) is 3.75. The molecule has 0 aliphatic carbocycles. The molecular weight excluding hydrogens is 268 g/mol. The molecule has 19 heavy (non-hydrogen) atoms. The van der Waals surface area contributed by atoms with E-state index in [1.165, 1.54) is 12.1 Å². The Labute approximate surface area is 116 Å². The Morgan fingerprint density at radius 1 is 0.947 bits per heavy atom. The molecule has 2 aromatic rings. The zero-order valence-corrected chi connectivity index (χ0v) is 11.0. The highest BCUT2D eigenvalue weighted by atomic mass is 35.5. The van der Waals surface area contributed by atoms with Crippen molar-refractivity contribution in [2.75, 3.05) is 0 Å². The van der Waals surface area contributed by atoms with Crippen molar-refractivity contribution in [1.29, 1.82) is 0 Å². The topological polar surface area (TPSA) is 26.0 Å². The van der Waals surface area contributed by atoms with Crippen molar-refractivity contribution in [2.24, 2.45) is 5.73 Å². The molecule has 0 radical (unpaired) electrons. The molecule has 1 unspecified atom stereocenters. The monoisotopic (exact) mass is 281 g/mol. The lowest BCUT2D eigenvalue weighted by Crippen LogP contribution is -2.26. The fourth-order valence-corrected chi connectivity index (χ4v) is 2.15. The second kappa shape index (κ2) is 6.13. The van der Waals surface area contributed by atoms with Gasteiger partial charge in [-0.25, -0.2) is 8.78 Å². The van der Waals surface area contributed by atoms with E-state index in [0.717, 1.165) is 0 Å². The van der Waals surface area contributed by atoms with Crippen molar-refractivity contribution in [3.05, 3.63) is 70.2 Å². The molecule has 0 heterocycles. The SMILES string of the molecule is NC(Cc1ccccc1F)Cc1ccc(Cl)cc1F. The zero-order valence-electron chi connectivity index (χ0n) is 10.2. The molecule has 0 amide bonds. The first-order chi connectivity index (χ1) is 9.06. The Morgan fingerprint density at radius 2 is 1.58 bits per heavy atom. The van der Waals surface area contributed by atoms with Crippen molar-refractivity contribution in [2.45, 2.75) is 18.9 Å². The van der Waals surface area contributed by atoms with E-state index in [4.69, 9.17) is 17.3 Å². The van der Waals surface area contributed by atoms with Gasteiger partial charge in [-0.3, -0.25) is 0 Å². The molecule has 0 saturated heterocycles. The Kier molecular flexibility index (Phi) is 4.51. The van der Waals surface area contributed by atoms with Crippen molar-refractivity contribution in [1.82, 2.24) is 0 Å². The van der Waals surface area contributed by atoms with E-state index in [1.54, 1.807) is 30.3 Å². The largest absolute Gasteiger partial charge is 0.327 e. The number of hydrogen-bond acceptors (Lipinski definition) is 1. The van der Waals surface area contributed by atoms with Gasteiger partial charge >= 0.3 is 0 Å². The Balaban J connectivity index is 2.05. The average Bonchev–Trinajstić information content (AvgIpc) is 2.36. The van der Waals surface area contributed by atoms with Crippen molar-refractivity contribution < 1.29 is 8.78 Å². The first kappa shape index (κ1) is 14.0. The summed E-state index contributed by atoms with van der Waals surface area (Å²) in [6.07, 6.45) is 0.714. The van der Waals surface area contributed by atoms with E-state index >= 15 is 0 Å². The number of benzene rings is 2. The lowest BCUT2D eigenvalue weighted by molar-refractivity contribution is 0.565. The first-order valence-electron chi connectivity index (χ1n) is 5.99. The molecule has 0 aliphatic rings. The Hall–Kier alpha value is -1.45. The molecule has 2 aromatic carbocycles. The van der Waals surface area contributed by atoms with Gasteiger partial charge in [0.05, 0.1) is 0 Å². The van der Waals surface area contributed by atoms with Crippen molar-refractivity contribution in [3.63, 3.8) is 0 Å². The summed E-state index contributed by atoms with van der Waals surface area (Å²) in [7, 11) is 0. The van der Waals surface area contributed by atoms with Crippen LogP contribution < -0.4 is 5.73 Å². The van der Waals surface area contributed by atoms with E-state index < -0.39 is 0 Å². The van der Waals surface area contributed by atoms with Crippen LogP contribution >= 0.6 is 11.6 Å². The van der Waals surface area contributed by atoms with Crippen molar-refractivity contribution in [3.8, 4) is 0 Å². The van der Waals surface area contributed by atoms with Gasteiger partial charge in [0, 0.05) is 11.1 Å². The van der Waals surface area contributed by atoms with Gasteiger partial charge in [0.2, 0.25) is 0 Å². The smallest absolute Gasteiger partial charge is 0.127 e. The highest BCUT2D eigenvalue weighted by Gasteiger charge is 2.11. The molecule has 0 aromatic heterocycles. The van der Waals surface area contributed by atoms with Gasteiger partial charge < -0.3 is 5.73 Å². The normalized spacial score (nSPS) is 12.4. The van der Waals surface area contributed by atoms with Gasteiger partial charge in [0.15, 0.2) is 0 Å². The minimum Gasteiger partial charge on any atom is -0.327 e. The predicted octanol–water partition coefficient (Wildman–Crippen LogP) is 3.73. The molecule has 0 saturated carbocycles. The van der Waals surface area contributed by atoms with Crippen LogP contribution in [0.4, 0.5) is 8.78 Å². The summed E-state index contributed by atoms with van der Waals surface area (Å²) in [5, 5.41) is 0.351. The highest BCUT2D eigenvalue weighted by molar-refractivity contribution is 6.30. The molecule has 1 nitrogen and oxygen atoms in total. The molecule has 0 aliphatic heterocycles. The molecule has 100 valence electrons. The highest BCUT2D eigenvalue weighted by Crippen LogP contribution is 2.17. The quantitative estimate of drug-likeness (QED) is 0.908. The summed E-state index contributed by atoms with van der Waals surface area (Å²) in [4.78, 5) is 0. The van der Waals surface area contributed by atoms with E-state index in [1.807, 2.05) is 0 Å².